The first-order valence-electron chi connectivity index (χ1n) is 5.16. The lowest BCUT2D eigenvalue weighted by molar-refractivity contribution is 0.0958. The van der Waals surface area contributed by atoms with E-state index in [2.05, 4.69) is 20.1 Å². The number of aromatic nitrogens is 2. The van der Waals surface area contributed by atoms with Gasteiger partial charge in [-0.3, -0.25) is 4.79 Å². The topological polar surface area (TPSA) is 67.2 Å². The van der Waals surface area contributed by atoms with Crippen LogP contribution in [-0.4, -0.2) is 21.7 Å². The van der Waals surface area contributed by atoms with Gasteiger partial charge < -0.3 is 0 Å². The van der Waals surface area contributed by atoms with Crippen molar-refractivity contribution in [3.63, 3.8) is 0 Å². The molecule has 0 saturated heterocycles. The molecule has 0 radical (unpaired) electrons. The lowest BCUT2D eigenvalue weighted by Crippen LogP contribution is -2.17. The van der Waals surface area contributed by atoms with Gasteiger partial charge in [-0.15, -0.1) is 5.10 Å². The van der Waals surface area contributed by atoms with Gasteiger partial charge in [0.05, 0.1) is 22.0 Å². The Morgan fingerprint density at radius 1 is 1.42 bits per heavy atom. The molecule has 1 heterocycles. The van der Waals surface area contributed by atoms with E-state index in [4.69, 9.17) is 23.2 Å². The Kier molecular flexibility index (Phi) is 4.47. The smallest absolute Gasteiger partial charge is 0.266 e. The predicted molar refractivity (Wildman–Crippen MR) is 76.2 cm³/mol. The lowest BCUT2D eigenvalue weighted by Gasteiger charge is -2.00. The molecule has 98 valence electrons. The number of halogens is 2. The first kappa shape index (κ1) is 13.9. The van der Waals surface area contributed by atoms with Gasteiger partial charge in [-0.05, 0) is 30.6 Å². The molecule has 1 aromatic heterocycles. The summed E-state index contributed by atoms with van der Waals surface area (Å²) in [6.07, 6.45) is 1.40. The minimum atomic E-state index is -0.369. The van der Waals surface area contributed by atoms with Crippen molar-refractivity contribution in [2.75, 3.05) is 0 Å². The SMILES string of the molecule is Cc1nnsc1C(=O)N/N=C/c1c(Cl)cccc1Cl. The molecule has 5 nitrogen and oxygen atoms in total. The Balaban J connectivity index is 2.09. The van der Waals surface area contributed by atoms with E-state index in [9.17, 15) is 4.79 Å². The second-order valence-electron chi connectivity index (χ2n) is 3.52. The third-order valence-electron chi connectivity index (χ3n) is 2.22. The highest BCUT2D eigenvalue weighted by molar-refractivity contribution is 7.07. The van der Waals surface area contributed by atoms with E-state index in [0.29, 0.717) is 26.2 Å². The summed E-state index contributed by atoms with van der Waals surface area (Å²) in [6, 6.07) is 5.11. The Labute approximate surface area is 123 Å². The number of nitrogens with one attached hydrogen (secondary N) is 1. The van der Waals surface area contributed by atoms with Crippen LogP contribution in [-0.2, 0) is 0 Å². The molecule has 0 spiro atoms. The molecule has 19 heavy (non-hydrogen) atoms. The maximum atomic E-state index is 11.7. The summed E-state index contributed by atoms with van der Waals surface area (Å²) in [5.41, 5.74) is 3.48. The molecule has 1 N–H and O–H groups in total. The van der Waals surface area contributed by atoms with Crippen LogP contribution in [0.1, 0.15) is 20.9 Å². The summed E-state index contributed by atoms with van der Waals surface area (Å²) in [5.74, 6) is -0.369. The van der Waals surface area contributed by atoms with Crippen LogP contribution in [0.4, 0.5) is 0 Å². The maximum absolute atomic E-state index is 11.7. The second-order valence-corrected chi connectivity index (χ2v) is 5.09. The van der Waals surface area contributed by atoms with Crippen molar-refractivity contribution in [3.05, 3.63) is 44.4 Å². The van der Waals surface area contributed by atoms with Crippen LogP contribution in [0.3, 0.4) is 0 Å². The van der Waals surface area contributed by atoms with Gasteiger partial charge in [0.1, 0.15) is 4.88 Å². The quantitative estimate of drug-likeness (QED) is 0.699. The van der Waals surface area contributed by atoms with Crippen molar-refractivity contribution in [1.82, 2.24) is 15.0 Å². The van der Waals surface area contributed by atoms with E-state index in [0.717, 1.165) is 11.5 Å². The first-order valence-corrected chi connectivity index (χ1v) is 6.69. The van der Waals surface area contributed by atoms with Gasteiger partial charge in [0.15, 0.2) is 0 Å². The molecular weight excluding hydrogens is 307 g/mol. The molecule has 0 saturated carbocycles. The number of hydrogen-bond donors (Lipinski definition) is 1. The van der Waals surface area contributed by atoms with Crippen LogP contribution in [0.15, 0.2) is 23.3 Å². The minimum absolute atomic E-state index is 0.369. The molecule has 0 unspecified atom stereocenters. The average Bonchev–Trinajstić information content (AvgIpc) is 2.79. The van der Waals surface area contributed by atoms with E-state index >= 15 is 0 Å². The number of rotatable bonds is 3. The number of carbonyl (C=O) groups excluding carboxylic acids is 1. The van der Waals surface area contributed by atoms with Crippen LogP contribution in [0, 0.1) is 6.92 Å². The van der Waals surface area contributed by atoms with E-state index < -0.39 is 0 Å². The number of carbonyl (C=O) groups is 1. The number of hydrogen-bond acceptors (Lipinski definition) is 5. The zero-order valence-electron chi connectivity index (χ0n) is 9.72. The standard InChI is InChI=1S/C11H8Cl2N4OS/c1-6-10(19-17-15-6)11(18)16-14-5-7-8(12)3-2-4-9(7)13/h2-5H,1H3,(H,16,18)/b14-5+. The number of nitrogens with zero attached hydrogens (tertiary/aromatic N) is 3. The number of aryl methyl sites for hydroxylation is 1. The van der Waals surface area contributed by atoms with Crippen LogP contribution in [0.25, 0.3) is 0 Å². The molecular formula is C11H8Cl2N4OS. The fraction of sp³-hybridized carbons (Fsp3) is 0.0909. The summed E-state index contributed by atoms with van der Waals surface area (Å²) < 4.78 is 3.67. The molecule has 1 amide bonds. The molecule has 0 aliphatic rings. The zero-order valence-corrected chi connectivity index (χ0v) is 12.1. The Morgan fingerprint density at radius 3 is 2.68 bits per heavy atom. The van der Waals surface area contributed by atoms with Gasteiger partial charge in [-0.1, -0.05) is 33.8 Å². The van der Waals surface area contributed by atoms with Crippen molar-refractivity contribution >= 4 is 46.9 Å². The number of benzene rings is 1. The molecule has 0 fully saturated rings. The molecule has 0 aliphatic heterocycles. The number of hydrazone groups is 1. The lowest BCUT2D eigenvalue weighted by atomic mass is 10.2. The van der Waals surface area contributed by atoms with Crippen LogP contribution in [0.2, 0.25) is 10.0 Å². The van der Waals surface area contributed by atoms with Gasteiger partial charge in [-0.25, -0.2) is 5.43 Å². The third kappa shape index (κ3) is 3.28. The van der Waals surface area contributed by atoms with Crippen molar-refractivity contribution in [3.8, 4) is 0 Å². The van der Waals surface area contributed by atoms with Crippen molar-refractivity contribution < 1.29 is 4.79 Å². The van der Waals surface area contributed by atoms with Gasteiger partial charge in [0.25, 0.3) is 5.91 Å². The Bertz CT molecular complexity index is 621. The van der Waals surface area contributed by atoms with E-state index in [1.165, 1.54) is 6.21 Å². The summed E-state index contributed by atoms with van der Waals surface area (Å²) in [5, 5.41) is 8.48. The fourth-order valence-electron chi connectivity index (χ4n) is 1.28. The maximum Gasteiger partial charge on any atom is 0.285 e. The highest BCUT2D eigenvalue weighted by atomic mass is 35.5. The highest BCUT2D eigenvalue weighted by Gasteiger charge is 2.12. The van der Waals surface area contributed by atoms with Crippen LogP contribution >= 0.6 is 34.7 Å². The predicted octanol–water partition coefficient (Wildman–Crippen LogP) is 2.92. The molecule has 8 heteroatoms. The Morgan fingerprint density at radius 2 is 2.11 bits per heavy atom. The first-order chi connectivity index (χ1) is 9.09. The summed E-state index contributed by atoms with van der Waals surface area (Å²) in [7, 11) is 0. The molecule has 1 aromatic carbocycles. The van der Waals surface area contributed by atoms with Crippen LogP contribution < -0.4 is 5.43 Å². The van der Waals surface area contributed by atoms with Crippen molar-refractivity contribution in [1.29, 1.82) is 0 Å². The van der Waals surface area contributed by atoms with E-state index in [-0.39, 0.29) is 5.91 Å². The molecule has 0 aliphatic carbocycles. The minimum Gasteiger partial charge on any atom is -0.266 e. The Hall–Kier alpha value is -1.50. The average molecular weight is 315 g/mol. The zero-order chi connectivity index (χ0) is 13.8. The van der Waals surface area contributed by atoms with E-state index in [1.807, 2.05) is 0 Å². The van der Waals surface area contributed by atoms with Crippen LogP contribution in [0.5, 0.6) is 0 Å². The highest BCUT2D eigenvalue weighted by Crippen LogP contribution is 2.22. The molecule has 2 aromatic rings. The van der Waals surface area contributed by atoms with Crippen molar-refractivity contribution in [2.24, 2.45) is 5.10 Å². The molecule has 0 atom stereocenters. The monoisotopic (exact) mass is 314 g/mol. The van der Waals surface area contributed by atoms with Crippen molar-refractivity contribution in [2.45, 2.75) is 6.92 Å². The molecule has 0 bridgehead atoms. The summed E-state index contributed by atoms with van der Waals surface area (Å²) >= 11 is 12.9. The summed E-state index contributed by atoms with van der Waals surface area (Å²) in [4.78, 5) is 12.1. The van der Waals surface area contributed by atoms with E-state index in [1.54, 1.807) is 25.1 Å². The third-order valence-corrected chi connectivity index (χ3v) is 3.70. The molecule has 2 rings (SSSR count). The number of amides is 1. The van der Waals surface area contributed by atoms with Gasteiger partial charge in [0, 0.05) is 5.56 Å². The normalized spacial score (nSPS) is 10.9. The fourth-order valence-corrected chi connectivity index (χ4v) is 2.32. The summed E-state index contributed by atoms with van der Waals surface area (Å²) in [6.45, 7) is 1.70. The largest absolute Gasteiger partial charge is 0.285 e. The van der Waals surface area contributed by atoms with Gasteiger partial charge in [0.2, 0.25) is 0 Å². The second kappa shape index (κ2) is 6.10. The van der Waals surface area contributed by atoms with Gasteiger partial charge in [-0.2, -0.15) is 5.10 Å². The van der Waals surface area contributed by atoms with Gasteiger partial charge >= 0.3 is 0 Å².